The number of rotatable bonds is 2. The van der Waals surface area contributed by atoms with E-state index >= 15 is 0 Å². The van der Waals surface area contributed by atoms with Crippen molar-refractivity contribution < 1.29 is 13.5 Å². The van der Waals surface area contributed by atoms with Crippen LogP contribution in [0, 0.1) is 0 Å². The number of nitrogens with two attached hydrogens (primary N) is 2. The molecule has 0 amide bonds. The van der Waals surface area contributed by atoms with Crippen molar-refractivity contribution in [3.8, 4) is 5.88 Å². The van der Waals surface area contributed by atoms with Gasteiger partial charge in [0.05, 0.1) is 12.8 Å². The summed E-state index contributed by atoms with van der Waals surface area (Å²) >= 11 is 0. The van der Waals surface area contributed by atoms with Gasteiger partial charge in [-0.15, -0.1) is 0 Å². The monoisotopic (exact) mass is 189 g/mol. The van der Waals surface area contributed by atoms with E-state index in [2.05, 4.69) is 9.72 Å². The molecule has 0 fully saturated rings. The normalized spacial score (nSPS) is 10.5. The van der Waals surface area contributed by atoms with Crippen LogP contribution in [-0.4, -0.2) is 12.1 Å². The van der Waals surface area contributed by atoms with Crippen molar-refractivity contribution in [2.75, 3.05) is 18.6 Å². The Hall–Kier alpha value is -1.59. The zero-order valence-electron chi connectivity index (χ0n) is 6.92. The average molecular weight is 189 g/mol. The molecule has 4 nitrogen and oxygen atoms in total. The number of nitrogens with zero attached hydrogens (tertiary/aromatic N) is 1. The summed E-state index contributed by atoms with van der Waals surface area (Å²) in [5.74, 6) is -0.0738. The highest BCUT2D eigenvalue weighted by atomic mass is 19.3. The number of nitrogen functional groups attached to an aromatic ring is 2. The number of hydrogen-bond donors (Lipinski definition) is 2. The van der Waals surface area contributed by atoms with E-state index < -0.39 is 12.1 Å². The molecule has 0 aliphatic carbocycles. The quantitative estimate of drug-likeness (QED) is 0.732. The molecule has 1 rings (SSSR count). The number of methoxy groups -OCH3 is 1. The van der Waals surface area contributed by atoms with Crippen LogP contribution in [-0.2, 0) is 0 Å². The molecule has 0 aromatic carbocycles. The lowest BCUT2D eigenvalue weighted by molar-refractivity contribution is 0.145. The largest absolute Gasteiger partial charge is 0.479 e. The zero-order chi connectivity index (χ0) is 10.0. The number of ether oxygens (including phenoxy) is 1. The van der Waals surface area contributed by atoms with Gasteiger partial charge in [-0.3, -0.25) is 0 Å². The van der Waals surface area contributed by atoms with Crippen LogP contribution in [0.15, 0.2) is 6.07 Å². The van der Waals surface area contributed by atoms with Crippen LogP contribution in [0.3, 0.4) is 0 Å². The third kappa shape index (κ3) is 1.77. The van der Waals surface area contributed by atoms with E-state index in [1.54, 1.807) is 0 Å². The first-order chi connectivity index (χ1) is 6.06. The Morgan fingerprint density at radius 1 is 1.46 bits per heavy atom. The molecular weight excluding hydrogens is 180 g/mol. The summed E-state index contributed by atoms with van der Waals surface area (Å²) in [4.78, 5) is 3.47. The number of hydrogen-bond acceptors (Lipinski definition) is 4. The van der Waals surface area contributed by atoms with Crippen molar-refractivity contribution in [3.05, 3.63) is 11.8 Å². The number of anilines is 2. The van der Waals surface area contributed by atoms with Crippen LogP contribution in [0.1, 0.15) is 12.1 Å². The Labute approximate surface area is 73.5 Å². The van der Waals surface area contributed by atoms with Gasteiger partial charge in [0, 0.05) is 0 Å². The maximum Gasteiger partial charge on any atom is 0.280 e. The lowest BCUT2D eigenvalue weighted by Gasteiger charge is -2.08. The second kappa shape index (κ2) is 3.42. The summed E-state index contributed by atoms with van der Waals surface area (Å²) in [6.07, 6.45) is -2.68. The topological polar surface area (TPSA) is 74.2 Å². The highest BCUT2D eigenvalue weighted by Crippen LogP contribution is 2.29. The molecule has 4 N–H and O–H groups in total. The van der Waals surface area contributed by atoms with Gasteiger partial charge in [-0.05, 0) is 6.07 Å². The fourth-order valence-electron chi connectivity index (χ4n) is 0.838. The van der Waals surface area contributed by atoms with Gasteiger partial charge in [0.15, 0.2) is 0 Å². The number of aromatic nitrogens is 1. The van der Waals surface area contributed by atoms with Gasteiger partial charge in [0.2, 0.25) is 5.88 Å². The summed E-state index contributed by atoms with van der Waals surface area (Å²) in [5, 5.41) is 0. The van der Waals surface area contributed by atoms with Gasteiger partial charge in [0.25, 0.3) is 6.43 Å². The molecule has 1 heterocycles. The van der Waals surface area contributed by atoms with Gasteiger partial charge in [-0.2, -0.15) is 0 Å². The fraction of sp³-hybridized carbons (Fsp3) is 0.286. The van der Waals surface area contributed by atoms with E-state index in [4.69, 9.17) is 11.5 Å². The van der Waals surface area contributed by atoms with Crippen LogP contribution >= 0.6 is 0 Å². The Morgan fingerprint density at radius 2 is 2.08 bits per heavy atom. The molecular formula is C7H9F2N3O. The van der Waals surface area contributed by atoms with Crippen LogP contribution in [0.5, 0.6) is 5.88 Å². The van der Waals surface area contributed by atoms with Gasteiger partial charge in [0.1, 0.15) is 11.4 Å². The third-order valence-electron chi connectivity index (χ3n) is 1.49. The van der Waals surface area contributed by atoms with Crippen LogP contribution in [0.2, 0.25) is 0 Å². The van der Waals surface area contributed by atoms with Crippen molar-refractivity contribution in [2.45, 2.75) is 6.43 Å². The Morgan fingerprint density at radius 3 is 2.54 bits per heavy atom. The molecule has 0 aliphatic heterocycles. The molecule has 0 radical (unpaired) electrons. The standard InChI is InChI=1S/C7H9F2N3O/c1-13-7-5(11)3(10)2-4(12-7)6(8)9/h2,6H,11H2,1H3,(H2,10,12). The molecule has 0 saturated heterocycles. The molecule has 6 heteroatoms. The van der Waals surface area contributed by atoms with Crippen molar-refractivity contribution >= 4 is 11.4 Å². The molecule has 0 saturated carbocycles. The van der Waals surface area contributed by atoms with E-state index in [9.17, 15) is 8.78 Å². The SMILES string of the molecule is COc1nc(C(F)F)cc(N)c1N. The first kappa shape index (κ1) is 9.50. The second-order valence-electron chi connectivity index (χ2n) is 2.36. The Kier molecular flexibility index (Phi) is 2.50. The summed E-state index contributed by atoms with van der Waals surface area (Å²) in [7, 11) is 1.29. The first-order valence-electron chi connectivity index (χ1n) is 3.44. The minimum Gasteiger partial charge on any atom is -0.479 e. The van der Waals surface area contributed by atoms with Crippen molar-refractivity contribution in [3.63, 3.8) is 0 Å². The lowest BCUT2D eigenvalue weighted by Crippen LogP contribution is -2.03. The van der Waals surface area contributed by atoms with Crippen molar-refractivity contribution in [1.82, 2.24) is 4.98 Å². The second-order valence-corrected chi connectivity index (χ2v) is 2.36. The molecule has 0 atom stereocenters. The fourth-order valence-corrected chi connectivity index (χ4v) is 0.838. The molecule has 0 spiro atoms. The zero-order valence-corrected chi connectivity index (χ0v) is 6.92. The molecule has 1 aromatic heterocycles. The number of pyridine rings is 1. The third-order valence-corrected chi connectivity index (χ3v) is 1.49. The van der Waals surface area contributed by atoms with E-state index in [-0.39, 0.29) is 17.3 Å². The summed E-state index contributed by atoms with van der Waals surface area (Å²) < 4.78 is 29.0. The van der Waals surface area contributed by atoms with Crippen molar-refractivity contribution in [2.24, 2.45) is 0 Å². The maximum absolute atomic E-state index is 12.2. The summed E-state index contributed by atoms with van der Waals surface area (Å²) in [6.45, 7) is 0. The highest BCUT2D eigenvalue weighted by molar-refractivity contribution is 5.68. The number of halogens is 2. The molecule has 0 unspecified atom stereocenters. The maximum atomic E-state index is 12.2. The van der Waals surface area contributed by atoms with Gasteiger partial charge in [-0.1, -0.05) is 0 Å². The van der Waals surface area contributed by atoms with Crippen LogP contribution in [0.4, 0.5) is 20.2 Å². The Bertz CT molecular complexity index is 317. The minimum atomic E-state index is -2.68. The molecule has 72 valence electrons. The van der Waals surface area contributed by atoms with Crippen LogP contribution < -0.4 is 16.2 Å². The van der Waals surface area contributed by atoms with Gasteiger partial charge < -0.3 is 16.2 Å². The van der Waals surface area contributed by atoms with E-state index in [0.29, 0.717) is 0 Å². The van der Waals surface area contributed by atoms with Gasteiger partial charge >= 0.3 is 0 Å². The Balaban J connectivity index is 3.22. The van der Waals surface area contributed by atoms with E-state index in [0.717, 1.165) is 6.07 Å². The van der Waals surface area contributed by atoms with Gasteiger partial charge in [-0.25, -0.2) is 13.8 Å². The predicted octanol–water partition coefficient (Wildman–Crippen LogP) is 1.19. The average Bonchev–Trinajstić information content (AvgIpc) is 2.09. The predicted molar refractivity (Wildman–Crippen MR) is 44.6 cm³/mol. The highest BCUT2D eigenvalue weighted by Gasteiger charge is 2.14. The first-order valence-corrected chi connectivity index (χ1v) is 3.44. The number of alkyl halides is 2. The summed E-state index contributed by atoms with van der Waals surface area (Å²) in [6, 6.07) is 1.03. The molecule has 0 aliphatic rings. The molecule has 0 bridgehead atoms. The smallest absolute Gasteiger partial charge is 0.280 e. The van der Waals surface area contributed by atoms with E-state index in [1.807, 2.05) is 0 Å². The van der Waals surface area contributed by atoms with Crippen molar-refractivity contribution in [1.29, 1.82) is 0 Å². The molecule has 13 heavy (non-hydrogen) atoms. The summed E-state index contributed by atoms with van der Waals surface area (Å²) in [5.41, 5.74) is 10.4. The lowest BCUT2D eigenvalue weighted by atomic mass is 10.3. The van der Waals surface area contributed by atoms with Crippen LogP contribution in [0.25, 0.3) is 0 Å². The minimum absolute atomic E-state index is 0.0437. The molecule has 1 aromatic rings. The van der Waals surface area contributed by atoms with E-state index in [1.165, 1.54) is 7.11 Å².